The highest BCUT2D eigenvalue weighted by Crippen LogP contribution is 2.36. The van der Waals surface area contributed by atoms with Crippen molar-refractivity contribution < 1.29 is 49.1 Å². The number of ether oxygens (including phenoxy) is 1. The summed E-state index contributed by atoms with van der Waals surface area (Å²) in [4.78, 5) is 55.3. The zero-order chi connectivity index (χ0) is 31.8. The van der Waals surface area contributed by atoms with E-state index in [0.29, 0.717) is 50.0 Å². The normalized spacial score (nSPS) is 16.6. The number of carboxylic acids is 4. The molecular weight excluding hydrogens is 562 g/mol. The van der Waals surface area contributed by atoms with Crippen molar-refractivity contribution in [3.05, 3.63) is 89.5 Å². The van der Waals surface area contributed by atoms with Crippen molar-refractivity contribution in [2.45, 2.75) is 12.5 Å². The minimum absolute atomic E-state index is 0.0507. The maximum absolute atomic E-state index is 12.6. The third-order valence-electron chi connectivity index (χ3n) is 6.19. The van der Waals surface area contributed by atoms with E-state index in [9.17, 15) is 24.0 Å². The van der Waals surface area contributed by atoms with Crippen LogP contribution in [0.15, 0.2) is 72.8 Å². The van der Waals surface area contributed by atoms with Crippen LogP contribution in [-0.4, -0.2) is 106 Å². The maximum Gasteiger partial charge on any atom is 0.328 e. The standard InChI is InChI=1S/C22H27N3O2.2C4H4O4/c1-24-14-19(17-6-3-2-4-7-17)18-8-5-9-21(20(18)15-24)23-22(26)16-25-10-12-27-13-11-25;2*5-3(6)1-2-4(7)8/h2-9,19H,10-16H2,1H3,(H,23,26);2*1-2H,(H,5,6)(H,7,8)/b;2*2-1-. The molecule has 43 heavy (non-hydrogen) atoms. The highest BCUT2D eigenvalue weighted by molar-refractivity contribution is 5.93. The third-order valence-corrected chi connectivity index (χ3v) is 6.19. The molecule has 0 aliphatic carbocycles. The first-order chi connectivity index (χ1) is 20.5. The predicted octanol–water partition coefficient (Wildman–Crippen LogP) is 1.96. The van der Waals surface area contributed by atoms with Crippen LogP contribution in [0.3, 0.4) is 0 Å². The third kappa shape index (κ3) is 13.1. The molecule has 2 aliphatic rings. The summed E-state index contributed by atoms with van der Waals surface area (Å²) in [7, 11) is 2.14. The number of anilines is 1. The number of carbonyl (C=O) groups excluding carboxylic acids is 1. The van der Waals surface area contributed by atoms with Crippen molar-refractivity contribution >= 4 is 35.5 Å². The largest absolute Gasteiger partial charge is 0.478 e. The van der Waals surface area contributed by atoms with E-state index in [-0.39, 0.29) is 5.91 Å². The fourth-order valence-electron chi connectivity index (χ4n) is 4.38. The molecule has 13 nitrogen and oxygen atoms in total. The van der Waals surface area contributed by atoms with Gasteiger partial charge in [0.25, 0.3) is 0 Å². The smallest absolute Gasteiger partial charge is 0.328 e. The summed E-state index contributed by atoms with van der Waals surface area (Å²) in [6.45, 7) is 5.31. The SMILES string of the molecule is CN1Cc2c(NC(=O)CN3CCOCC3)cccc2C(c2ccccc2)C1.O=C(O)/C=C\C(=O)O.O=C(O)/C=C\C(=O)O. The number of hydrogen-bond acceptors (Lipinski definition) is 8. The second kappa shape index (κ2) is 17.9. The molecular formula is C30H35N3O10. The second-order valence-corrected chi connectivity index (χ2v) is 9.49. The van der Waals surface area contributed by atoms with Gasteiger partial charge in [0.15, 0.2) is 0 Å². The zero-order valence-electron chi connectivity index (χ0n) is 23.6. The molecule has 2 aromatic rings. The molecule has 4 rings (SSSR count). The van der Waals surface area contributed by atoms with Crippen LogP contribution < -0.4 is 5.32 Å². The Morgan fingerprint density at radius 1 is 0.814 bits per heavy atom. The van der Waals surface area contributed by atoms with E-state index in [0.717, 1.165) is 31.9 Å². The molecule has 0 saturated carbocycles. The molecule has 2 heterocycles. The quantitative estimate of drug-likeness (QED) is 0.278. The van der Waals surface area contributed by atoms with E-state index in [1.165, 1.54) is 16.7 Å². The van der Waals surface area contributed by atoms with Crippen LogP contribution >= 0.6 is 0 Å². The number of morpholine rings is 1. The van der Waals surface area contributed by atoms with Gasteiger partial charge in [-0.05, 0) is 29.8 Å². The van der Waals surface area contributed by atoms with Gasteiger partial charge >= 0.3 is 23.9 Å². The van der Waals surface area contributed by atoms with Gasteiger partial charge in [-0.25, -0.2) is 19.2 Å². The average molecular weight is 598 g/mol. The molecule has 1 saturated heterocycles. The number of likely N-dealkylation sites (N-methyl/N-ethyl adjacent to an activating group) is 1. The Balaban J connectivity index is 0.000000334. The number of carbonyl (C=O) groups is 5. The Labute approximate surface area is 248 Å². The van der Waals surface area contributed by atoms with Crippen LogP contribution in [0.25, 0.3) is 0 Å². The van der Waals surface area contributed by atoms with Crippen molar-refractivity contribution in [2.75, 3.05) is 51.8 Å². The lowest BCUT2D eigenvalue weighted by Crippen LogP contribution is -2.41. The first-order valence-electron chi connectivity index (χ1n) is 13.2. The summed E-state index contributed by atoms with van der Waals surface area (Å²) >= 11 is 0. The van der Waals surface area contributed by atoms with E-state index >= 15 is 0 Å². The van der Waals surface area contributed by atoms with E-state index in [1.54, 1.807) is 0 Å². The van der Waals surface area contributed by atoms with Gasteiger partial charge in [-0.2, -0.15) is 0 Å². The lowest BCUT2D eigenvalue weighted by molar-refractivity contribution is -0.134. The number of carboxylic acid groups (broad SMARTS) is 4. The molecule has 0 radical (unpaired) electrons. The minimum atomic E-state index is -1.26. The highest BCUT2D eigenvalue weighted by Gasteiger charge is 2.27. The Hall–Kier alpha value is -4.85. The molecule has 1 fully saturated rings. The van der Waals surface area contributed by atoms with Crippen LogP contribution in [-0.2, 0) is 35.3 Å². The molecule has 230 valence electrons. The van der Waals surface area contributed by atoms with Gasteiger partial charge in [-0.15, -0.1) is 0 Å². The molecule has 0 aromatic heterocycles. The molecule has 0 spiro atoms. The molecule has 1 unspecified atom stereocenters. The van der Waals surface area contributed by atoms with Gasteiger partial charge in [0.2, 0.25) is 5.91 Å². The second-order valence-electron chi connectivity index (χ2n) is 9.49. The summed E-state index contributed by atoms with van der Waals surface area (Å²) in [5.41, 5.74) is 4.82. The molecule has 5 N–H and O–H groups in total. The fraction of sp³-hybridized carbons (Fsp3) is 0.300. The molecule has 13 heteroatoms. The number of hydrogen-bond donors (Lipinski definition) is 5. The van der Waals surface area contributed by atoms with Gasteiger partial charge in [0.05, 0.1) is 19.8 Å². The Morgan fingerprint density at radius 3 is 1.86 bits per heavy atom. The van der Waals surface area contributed by atoms with Crippen molar-refractivity contribution in [1.29, 1.82) is 0 Å². The molecule has 2 aromatic carbocycles. The Morgan fingerprint density at radius 2 is 1.35 bits per heavy atom. The monoisotopic (exact) mass is 597 g/mol. The average Bonchev–Trinajstić information content (AvgIpc) is 2.96. The van der Waals surface area contributed by atoms with Crippen molar-refractivity contribution in [3.63, 3.8) is 0 Å². The number of amides is 1. The van der Waals surface area contributed by atoms with Gasteiger partial charge < -0.3 is 35.4 Å². The van der Waals surface area contributed by atoms with E-state index in [4.69, 9.17) is 25.2 Å². The van der Waals surface area contributed by atoms with E-state index < -0.39 is 23.9 Å². The molecule has 0 bridgehead atoms. The number of benzene rings is 2. The Kier molecular flexibility index (Phi) is 14.3. The predicted molar refractivity (Wildman–Crippen MR) is 156 cm³/mol. The van der Waals surface area contributed by atoms with Crippen LogP contribution in [0.4, 0.5) is 5.69 Å². The minimum Gasteiger partial charge on any atom is -0.478 e. The van der Waals surface area contributed by atoms with E-state index in [2.05, 4.69) is 64.6 Å². The molecule has 2 aliphatic heterocycles. The summed E-state index contributed by atoms with van der Waals surface area (Å²) < 4.78 is 5.36. The summed E-state index contributed by atoms with van der Waals surface area (Å²) in [5.74, 6) is -4.65. The topological polar surface area (TPSA) is 194 Å². The first kappa shape index (κ1) is 34.4. The van der Waals surface area contributed by atoms with Crippen LogP contribution in [0, 0.1) is 0 Å². The molecule has 1 atom stereocenters. The summed E-state index contributed by atoms with van der Waals surface area (Å²) in [6.07, 6.45) is 2.23. The maximum atomic E-state index is 12.6. The number of nitrogens with one attached hydrogen (secondary N) is 1. The summed E-state index contributed by atoms with van der Waals surface area (Å²) in [5, 5.41) is 34.4. The summed E-state index contributed by atoms with van der Waals surface area (Å²) in [6, 6.07) is 16.9. The lowest BCUT2D eigenvalue weighted by atomic mass is 9.84. The van der Waals surface area contributed by atoms with Crippen LogP contribution in [0.5, 0.6) is 0 Å². The zero-order valence-corrected chi connectivity index (χ0v) is 23.6. The fourth-order valence-corrected chi connectivity index (χ4v) is 4.38. The van der Waals surface area contributed by atoms with Crippen molar-refractivity contribution in [2.24, 2.45) is 0 Å². The molecule has 1 amide bonds. The van der Waals surface area contributed by atoms with Crippen LogP contribution in [0.1, 0.15) is 22.6 Å². The number of rotatable bonds is 8. The van der Waals surface area contributed by atoms with Crippen molar-refractivity contribution in [1.82, 2.24) is 9.80 Å². The van der Waals surface area contributed by atoms with Gasteiger partial charge in [0.1, 0.15) is 0 Å². The van der Waals surface area contributed by atoms with Gasteiger partial charge in [-0.1, -0.05) is 42.5 Å². The first-order valence-corrected chi connectivity index (χ1v) is 13.2. The van der Waals surface area contributed by atoms with Gasteiger partial charge in [0, 0.05) is 62.1 Å². The number of aliphatic carboxylic acids is 4. The lowest BCUT2D eigenvalue weighted by Gasteiger charge is -2.34. The number of nitrogens with zero attached hydrogens (tertiary/aromatic N) is 2. The Bertz CT molecular complexity index is 1250. The van der Waals surface area contributed by atoms with Crippen LogP contribution in [0.2, 0.25) is 0 Å². The van der Waals surface area contributed by atoms with E-state index in [1.807, 2.05) is 6.07 Å². The highest BCUT2D eigenvalue weighted by atomic mass is 16.5. The van der Waals surface area contributed by atoms with Crippen molar-refractivity contribution in [3.8, 4) is 0 Å². The van der Waals surface area contributed by atoms with Gasteiger partial charge in [-0.3, -0.25) is 9.69 Å². The number of fused-ring (bicyclic) bond motifs is 1.